The van der Waals surface area contributed by atoms with Crippen molar-refractivity contribution in [1.82, 2.24) is 19.9 Å². The van der Waals surface area contributed by atoms with Crippen LogP contribution in [0.1, 0.15) is 12.8 Å². The van der Waals surface area contributed by atoms with Crippen LogP contribution in [-0.2, 0) is 4.79 Å². The molecule has 152 valence electrons. The summed E-state index contributed by atoms with van der Waals surface area (Å²) in [4.78, 5) is 30.4. The smallest absolute Gasteiger partial charge is 0.167 e. The first-order valence-corrected chi connectivity index (χ1v) is 10.0. The molecule has 3 aromatic rings. The molecule has 2 aliphatic rings. The lowest BCUT2D eigenvalue weighted by Gasteiger charge is -2.35. The molecule has 0 unspecified atom stereocenters. The van der Waals surface area contributed by atoms with Crippen LogP contribution in [0.5, 0.6) is 0 Å². The number of rotatable bonds is 5. The zero-order chi connectivity index (χ0) is 21.2. The number of Topliss-reactive ketones (excluding diaryl/α,β-unsaturated/α-hetero) is 1. The molecule has 1 aromatic carbocycles. The molecular formula is C23H19N7O. The lowest BCUT2D eigenvalue weighted by Crippen LogP contribution is -2.36. The number of hydrogen-bond acceptors (Lipinski definition) is 7. The van der Waals surface area contributed by atoms with Crippen LogP contribution in [0.25, 0.3) is 11.2 Å². The molecule has 1 aliphatic heterocycles. The Balaban J connectivity index is 1.43. The number of H-pyrrole nitrogens is 1. The fourth-order valence-electron chi connectivity index (χ4n) is 3.97. The van der Waals surface area contributed by atoms with E-state index < -0.39 is 0 Å². The molecule has 31 heavy (non-hydrogen) atoms. The lowest BCUT2D eigenvalue weighted by molar-refractivity contribution is -0.114. The summed E-state index contributed by atoms with van der Waals surface area (Å²) < 4.78 is 0. The number of benzene rings is 1. The summed E-state index contributed by atoms with van der Waals surface area (Å²) in [5, 5.41) is 12.9. The van der Waals surface area contributed by atoms with Gasteiger partial charge in [0.25, 0.3) is 0 Å². The maximum absolute atomic E-state index is 12.6. The molecule has 8 heteroatoms. The Hall–Kier alpha value is -4.25. The number of anilines is 2. The Bertz CT molecular complexity index is 1280. The summed E-state index contributed by atoms with van der Waals surface area (Å²) in [6.07, 6.45) is 9.69. The monoisotopic (exact) mass is 409 g/mol. The van der Waals surface area contributed by atoms with E-state index in [0.717, 1.165) is 12.1 Å². The molecule has 0 bridgehead atoms. The largest absolute Gasteiger partial charge is 0.368 e. The minimum atomic E-state index is -0.0489. The van der Waals surface area contributed by atoms with Crippen molar-refractivity contribution in [2.45, 2.75) is 18.9 Å². The topological polar surface area (TPSA) is 111 Å². The van der Waals surface area contributed by atoms with Gasteiger partial charge in [-0.2, -0.15) is 5.26 Å². The zero-order valence-electron chi connectivity index (χ0n) is 16.6. The summed E-state index contributed by atoms with van der Waals surface area (Å²) in [7, 11) is 0. The number of carbonyl (C=O) groups is 1. The van der Waals surface area contributed by atoms with E-state index in [1.807, 2.05) is 42.6 Å². The third-order valence-corrected chi connectivity index (χ3v) is 5.48. The van der Waals surface area contributed by atoms with Crippen LogP contribution < -0.4 is 10.2 Å². The highest BCUT2D eigenvalue weighted by Crippen LogP contribution is 2.35. The summed E-state index contributed by atoms with van der Waals surface area (Å²) in [6, 6.07) is 12.1. The molecule has 0 spiro atoms. The van der Waals surface area contributed by atoms with Crippen molar-refractivity contribution in [3.05, 3.63) is 78.1 Å². The van der Waals surface area contributed by atoms with Crippen LogP contribution in [0.4, 0.5) is 11.5 Å². The number of hydrogen-bond donors (Lipinski definition) is 2. The van der Waals surface area contributed by atoms with Crippen molar-refractivity contribution in [3.63, 3.8) is 0 Å². The Morgan fingerprint density at radius 2 is 2.06 bits per heavy atom. The number of imidazole rings is 1. The van der Waals surface area contributed by atoms with Gasteiger partial charge in [-0.1, -0.05) is 30.4 Å². The van der Waals surface area contributed by atoms with Gasteiger partial charge in [0.1, 0.15) is 11.8 Å². The number of aromatic amines is 1. The van der Waals surface area contributed by atoms with E-state index in [9.17, 15) is 10.1 Å². The zero-order valence-corrected chi connectivity index (χ0v) is 16.6. The summed E-state index contributed by atoms with van der Waals surface area (Å²) in [5.74, 6) is 0.714. The predicted octanol–water partition coefficient (Wildman–Crippen LogP) is 3.28. The number of fused-ring (bicyclic) bond motifs is 2. The van der Waals surface area contributed by atoms with Gasteiger partial charge >= 0.3 is 0 Å². The number of nitrogens with one attached hydrogen (secondary N) is 2. The molecule has 1 aliphatic carbocycles. The van der Waals surface area contributed by atoms with Gasteiger partial charge in [-0.05, 0) is 18.6 Å². The maximum Gasteiger partial charge on any atom is 0.167 e. The average Bonchev–Trinajstić information content (AvgIpc) is 3.30. The first-order chi connectivity index (χ1) is 15.2. The number of allylic oxidation sites excluding steroid dienone is 4. The van der Waals surface area contributed by atoms with E-state index >= 15 is 0 Å². The van der Waals surface area contributed by atoms with Gasteiger partial charge in [-0.3, -0.25) is 4.79 Å². The molecule has 5 rings (SSSR count). The Morgan fingerprint density at radius 1 is 1.19 bits per heavy atom. The summed E-state index contributed by atoms with van der Waals surface area (Å²) in [5.41, 5.74) is 4.25. The standard InChI is InChI=1S/C23H19N7O/c24-11-15-6-7-20(31)18-10-17(30(12-19(15)18)16-4-2-1-3-5-16)8-9-25-22-21-23(27-13-26-21)29-14-28-22/h1-6,10,12-14,17H,7-9H2,(H2,25,26,27,28,29)/t17-/m0/s1. The second-order valence-electron chi connectivity index (χ2n) is 7.33. The van der Waals surface area contributed by atoms with Crippen molar-refractivity contribution >= 4 is 28.5 Å². The van der Waals surface area contributed by atoms with Crippen molar-refractivity contribution < 1.29 is 4.79 Å². The van der Waals surface area contributed by atoms with Crippen LogP contribution in [0, 0.1) is 11.3 Å². The first-order valence-electron chi connectivity index (χ1n) is 10.0. The van der Waals surface area contributed by atoms with Gasteiger partial charge in [0.05, 0.1) is 24.0 Å². The van der Waals surface area contributed by atoms with Gasteiger partial charge in [-0.15, -0.1) is 0 Å². The first kappa shape index (κ1) is 18.8. The summed E-state index contributed by atoms with van der Waals surface area (Å²) in [6.45, 7) is 0.620. The molecule has 2 N–H and O–H groups in total. The minimum Gasteiger partial charge on any atom is -0.368 e. The highest BCUT2D eigenvalue weighted by atomic mass is 16.1. The number of aromatic nitrogens is 4. The predicted molar refractivity (Wildman–Crippen MR) is 117 cm³/mol. The molecule has 1 atom stereocenters. The Labute approximate surface area is 178 Å². The molecule has 0 saturated heterocycles. The van der Waals surface area contributed by atoms with E-state index in [1.165, 1.54) is 6.33 Å². The third kappa shape index (κ3) is 3.46. The van der Waals surface area contributed by atoms with Crippen LogP contribution >= 0.6 is 0 Å². The Kier molecular flexibility index (Phi) is 4.77. The van der Waals surface area contributed by atoms with Gasteiger partial charge in [0.15, 0.2) is 17.2 Å². The van der Waals surface area contributed by atoms with E-state index in [0.29, 0.717) is 40.2 Å². The minimum absolute atomic E-state index is 0.0463. The highest BCUT2D eigenvalue weighted by Gasteiger charge is 2.30. The molecule has 0 saturated carbocycles. The van der Waals surface area contributed by atoms with Crippen LogP contribution in [-0.4, -0.2) is 38.3 Å². The van der Waals surface area contributed by atoms with Gasteiger partial charge in [0.2, 0.25) is 0 Å². The van der Waals surface area contributed by atoms with Gasteiger partial charge in [0, 0.05) is 36.0 Å². The van der Waals surface area contributed by atoms with Crippen molar-refractivity contribution in [3.8, 4) is 6.07 Å². The van der Waals surface area contributed by atoms with Crippen molar-refractivity contribution in [1.29, 1.82) is 5.26 Å². The third-order valence-electron chi connectivity index (χ3n) is 5.48. The molecule has 0 fully saturated rings. The molecule has 0 amide bonds. The van der Waals surface area contributed by atoms with Crippen LogP contribution in [0.15, 0.2) is 78.1 Å². The SMILES string of the molecule is N#CC1=CCC(=O)C2=C[C@H](CCNc3ncnc4[nH]cnc34)N(c3ccccc3)C=C12. The quantitative estimate of drug-likeness (QED) is 0.665. The second kappa shape index (κ2) is 7.88. The number of nitrogens with zero attached hydrogens (tertiary/aromatic N) is 5. The maximum atomic E-state index is 12.6. The van der Waals surface area contributed by atoms with Crippen LogP contribution in [0.2, 0.25) is 0 Å². The summed E-state index contributed by atoms with van der Waals surface area (Å²) >= 11 is 0. The molecular weight excluding hydrogens is 390 g/mol. The number of carbonyl (C=O) groups excluding carboxylic acids is 1. The van der Waals surface area contributed by atoms with E-state index in [2.05, 4.69) is 36.2 Å². The molecule has 2 aromatic heterocycles. The number of para-hydroxylation sites is 1. The second-order valence-corrected chi connectivity index (χ2v) is 7.33. The van der Waals surface area contributed by atoms with E-state index in [4.69, 9.17) is 0 Å². The fraction of sp³-hybridized carbons (Fsp3) is 0.174. The van der Waals surface area contributed by atoms with Gasteiger partial charge < -0.3 is 15.2 Å². The highest BCUT2D eigenvalue weighted by molar-refractivity contribution is 6.04. The van der Waals surface area contributed by atoms with Crippen molar-refractivity contribution in [2.24, 2.45) is 0 Å². The van der Waals surface area contributed by atoms with Gasteiger partial charge in [-0.25, -0.2) is 15.0 Å². The van der Waals surface area contributed by atoms with Crippen LogP contribution in [0.3, 0.4) is 0 Å². The number of ketones is 1. The lowest BCUT2D eigenvalue weighted by atomic mass is 9.84. The Morgan fingerprint density at radius 3 is 2.90 bits per heavy atom. The van der Waals surface area contributed by atoms with E-state index in [1.54, 1.807) is 12.4 Å². The number of nitriles is 1. The van der Waals surface area contributed by atoms with Crippen molar-refractivity contribution in [2.75, 3.05) is 16.8 Å². The molecule has 8 nitrogen and oxygen atoms in total. The fourth-order valence-corrected chi connectivity index (χ4v) is 3.97. The normalized spacial score (nSPS) is 18.0. The molecule has 0 radical (unpaired) electrons. The van der Waals surface area contributed by atoms with E-state index in [-0.39, 0.29) is 18.2 Å². The average molecular weight is 409 g/mol. The molecule has 3 heterocycles.